The second-order valence-electron chi connectivity index (χ2n) is 6.14. The van der Waals surface area contributed by atoms with Gasteiger partial charge in [0.05, 0.1) is 11.3 Å². The zero-order valence-corrected chi connectivity index (χ0v) is 12.8. The molecule has 0 heterocycles. The number of halogens is 1. The van der Waals surface area contributed by atoms with Crippen molar-refractivity contribution < 1.29 is 19.1 Å². The van der Waals surface area contributed by atoms with Crippen molar-refractivity contribution in [1.29, 1.82) is 0 Å². The highest BCUT2D eigenvalue weighted by atomic mass is 19.1. The van der Waals surface area contributed by atoms with Crippen LogP contribution < -0.4 is 5.32 Å². The Bertz CT molecular complexity index is 553. The monoisotopic (exact) mass is 307 g/mol. The third-order valence-corrected chi connectivity index (χ3v) is 4.61. The molecule has 0 aliphatic heterocycles. The van der Waals surface area contributed by atoms with Gasteiger partial charge >= 0.3 is 5.97 Å². The number of carbonyl (C=O) groups is 2. The molecule has 0 saturated heterocycles. The largest absolute Gasteiger partial charge is 0.481 e. The van der Waals surface area contributed by atoms with Gasteiger partial charge < -0.3 is 10.4 Å². The molecule has 0 bridgehead atoms. The van der Waals surface area contributed by atoms with Gasteiger partial charge in [-0.05, 0) is 37.5 Å². The lowest BCUT2D eigenvalue weighted by atomic mass is 9.74. The Balaban J connectivity index is 2.00. The van der Waals surface area contributed by atoms with Crippen LogP contribution in [0.2, 0.25) is 0 Å². The Hall–Kier alpha value is -1.91. The molecule has 0 spiro atoms. The molecule has 1 unspecified atom stereocenters. The summed E-state index contributed by atoms with van der Waals surface area (Å²) in [4.78, 5) is 23.8. The van der Waals surface area contributed by atoms with Gasteiger partial charge in [0.2, 0.25) is 5.91 Å². The average molecular weight is 307 g/mol. The summed E-state index contributed by atoms with van der Waals surface area (Å²) in [5, 5.41) is 12.2. The van der Waals surface area contributed by atoms with Crippen LogP contribution in [0.1, 0.15) is 50.5 Å². The lowest BCUT2D eigenvalue weighted by molar-refractivity contribution is -0.151. The molecular formula is C17H22FNO3. The summed E-state index contributed by atoms with van der Waals surface area (Å²) in [5.41, 5.74) is -0.263. The second-order valence-corrected chi connectivity index (χ2v) is 6.14. The van der Waals surface area contributed by atoms with Crippen LogP contribution in [-0.4, -0.2) is 23.5 Å². The van der Waals surface area contributed by atoms with E-state index in [0.717, 1.165) is 19.3 Å². The van der Waals surface area contributed by atoms with Crippen molar-refractivity contribution in [3.05, 3.63) is 35.6 Å². The lowest BCUT2D eigenvalue weighted by Crippen LogP contribution is -2.45. The van der Waals surface area contributed by atoms with E-state index >= 15 is 0 Å². The zero-order valence-electron chi connectivity index (χ0n) is 12.8. The maximum atomic E-state index is 13.2. The third-order valence-electron chi connectivity index (χ3n) is 4.61. The molecule has 0 aromatic heterocycles. The fraction of sp³-hybridized carbons (Fsp3) is 0.529. The first-order valence-electron chi connectivity index (χ1n) is 7.71. The van der Waals surface area contributed by atoms with Crippen LogP contribution in [-0.2, 0) is 9.59 Å². The molecule has 22 heavy (non-hydrogen) atoms. The Morgan fingerprint density at radius 1 is 1.32 bits per heavy atom. The smallest absolute Gasteiger partial charge is 0.311 e. The van der Waals surface area contributed by atoms with E-state index in [1.54, 1.807) is 19.1 Å². The van der Waals surface area contributed by atoms with E-state index in [0.29, 0.717) is 18.4 Å². The van der Waals surface area contributed by atoms with E-state index in [1.165, 1.54) is 12.1 Å². The maximum absolute atomic E-state index is 13.2. The number of rotatable bonds is 5. The average Bonchev–Trinajstić information content (AvgIpc) is 2.52. The fourth-order valence-corrected chi connectivity index (χ4v) is 3.03. The molecule has 4 nitrogen and oxygen atoms in total. The molecule has 2 N–H and O–H groups in total. The molecule has 0 radical (unpaired) electrons. The van der Waals surface area contributed by atoms with Gasteiger partial charge in [-0.1, -0.05) is 31.4 Å². The van der Waals surface area contributed by atoms with Gasteiger partial charge in [0.1, 0.15) is 5.82 Å². The summed E-state index contributed by atoms with van der Waals surface area (Å²) in [7, 11) is 0. The number of benzene rings is 1. The number of carboxylic acid groups (broad SMARTS) is 1. The van der Waals surface area contributed by atoms with Crippen LogP contribution in [0.25, 0.3) is 0 Å². The van der Waals surface area contributed by atoms with Gasteiger partial charge in [-0.25, -0.2) is 4.39 Å². The van der Waals surface area contributed by atoms with E-state index < -0.39 is 17.3 Å². The molecule has 1 atom stereocenters. The first-order valence-corrected chi connectivity index (χ1v) is 7.71. The summed E-state index contributed by atoms with van der Waals surface area (Å²) >= 11 is 0. The van der Waals surface area contributed by atoms with Crippen LogP contribution in [0.4, 0.5) is 4.39 Å². The highest BCUT2D eigenvalue weighted by Crippen LogP contribution is 2.36. The van der Waals surface area contributed by atoms with Crippen molar-refractivity contribution in [3.63, 3.8) is 0 Å². The number of carbonyl (C=O) groups excluding carboxylic acids is 1. The third kappa shape index (κ3) is 3.64. The topological polar surface area (TPSA) is 66.4 Å². The van der Waals surface area contributed by atoms with Crippen LogP contribution >= 0.6 is 0 Å². The van der Waals surface area contributed by atoms with Crippen molar-refractivity contribution in [2.45, 2.75) is 44.9 Å². The summed E-state index contributed by atoms with van der Waals surface area (Å²) < 4.78 is 13.2. The molecule has 1 amide bonds. The molecule has 1 fully saturated rings. The van der Waals surface area contributed by atoms with Gasteiger partial charge in [-0.15, -0.1) is 0 Å². The van der Waals surface area contributed by atoms with E-state index in [2.05, 4.69) is 5.32 Å². The summed E-state index contributed by atoms with van der Waals surface area (Å²) in [5.74, 6) is -2.00. The lowest BCUT2D eigenvalue weighted by Gasteiger charge is -2.33. The van der Waals surface area contributed by atoms with Gasteiger partial charge in [-0.2, -0.15) is 0 Å². The van der Waals surface area contributed by atoms with E-state index in [4.69, 9.17) is 0 Å². The summed E-state index contributed by atoms with van der Waals surface area (Å²) in [6.45, 7) is 1.83. The molecule has 1 aromatic carbocycles. The van der Waals surface area contributed by atoms with Crippen molar-refractivity contribution in [3.8, 4) is 0 Å². The van der Waals surface area contributed by atoms with Gasteiger partial charge in [0, 0.05) is 6.54 Å². The Morgan fingerprint density at radius 3 is 2.59 bits per heavy atom. The predicted molar refractivity (Wildman–Crippen MR) is 81.0 cm³/mol. The number of amides is 1. The first kappa shape index (κ1) is 16.5. The minimum Gasteiger partial charge on any atom is -0.481 e. The van der Waals surface area contributed by atoms with E-state index in [-0.39, 0.29) is 18.3 Å². The molecule has 1 aliphatic rings. The van der Waals surface area contributed by atoms with Crippen LogP contribution in [0.5, 0.6) is 0 Å². The molecular weight excluding hydrogens is 285 g/mol. The van der Waals surface area contributed by atoms with Gasteiger partial charge in [0.15, 0.2) is 0 Å². The highest BCUT2D eigenvalue weighted by molar-refractivity contribution is 5.84. The van der Waals surface area contributed by atoms with Crippen molar-refractivity contribution in [2.75, 3.05) is 6.54 Å². The molecule has 1 aromatic rings. The fourth-order valence-electron chi connectivity index (χ4n) is 3.03. The minimum atomic E-state index is -0.852. The number of aliphatic carboxylic acids is 1. The Kier molecular flexibility index (Phi) is 5.16. The van der Waals surface area contributed by atoms with Crippen molar-refractivity contribution in [1.82, 2.24) is 5.32 Å². The SMILES string of the molecule is CC(C(=O)NCC1(C(=O)O)CCCCC1)c1cccc(F)c1. The predicted octanol–water partition coefficient (Wildman–Crippen LogP) is 3.08. The molecule has 5 heteroatoms. The second kappa shape index (κ2) is 6.90. The molecule has 120 valence electrons. The number of hydrogen-bond acceptors (Lipinski definition) is 2. The van der Waals surface area contributed by atoms with Gasteiger partial charge in [-0.3, -0.25) is 9.59 Å². The van der Waals surface area contributed by atoms with Crippen LogP contribution in [0.15, 0.2) is 24.3 Å². The van der Waals surface area contributed by atoms with Gasteiger partial charge in [0.25, 0.3) is 0 Å². The molecule has 2 rings (SSSR count). The maximum Gasteiger partial charge on any atom is 0.311 e. The standard InChI is InChI=1S/C17H22FNO3/c1-12(13-6-5-7-14(18)10-13)15(20)19-11-17(16(21)22)8-3-2-4-9-17/h5-7,10,12H,2-4,8-9,11H2,1H3,(H,19,20)(H,21,22). The highest BCUT2D eigenvalue weighted by Gasteiger charge is 2.40. The zero-order chi connectivity index (χ0) is 16.2. The van der Waals surface area contributed by atoms with Crippen molar-refractivity contribution >= 4 is 11.9 Å². The van der Waals surface area contributed by atoms with E-state index in [1.807, 2.05) is 0 Å². The molecule has 1 saturated carbocycles. The van der Waals surface area contributed by atoms with Crippen molar-refractivity contribution in [2.24, 2.45) is 5.41 Å². The quantitative estimate of drug-likeness (QED) is 0.878. The van der Waals surface area contributed by atoms with E-state index in [9.17, 15) is 19.1 Å². The minimum absolute atomic E-state index is 0.140. The number of hydrogen-bond donors (Lipinski definition) is 2. The summed E-state index contributed by atoms with van der Waals surface area (Å²) in [6.07, 6.45) is 3.99. The number of nitrogens with one attached hydrogen (secondary N) is 1. The molecule has 1 aliphatic carbocycles. The number of carboxylic acids is 1. The Labute approximate surface area is 129 Å². The summed E-state index contributed by atoms with van der Waals surface area (Å²) in [6, 6.07) is 5.92. The first-order chi connectivity index (χ1) is 10.4. The van der Waals surface area contributed by atoms with Crippen LogP contribution in [0.3, 0.4) is 0 Å². The normalized spacial score (nSPS) is 18.5. The van der Waals surface area contributed by atoms with Crippen LogP contribution in [0, 0.1) is 11.2 Å². The Morgan fingerprint density at radius 2 is 2.00 bits per heavy atom.